The van der Waals surface area contributed by atoms with Gasteiger partial charge >= 0.3 is 0 Å². The van der Waals surface area contributed by atoms with Gasteiger partial charge in [-0.1, -0.05) is 29.8 Å². The summed E-state index contributed by atoms with van der Waals surface area (Å²) in [6.45, 7) is 2.19. The van der Waals surface area contributed by atoms with Crippen LogP contribution < -0.4 is 15.8 Å². The van der Waals surface area contributed by atoms with Crippen molar-refractivity contribution in [1.82, 2.24) is 0 Å². The number of hydrogen-bond acceptors (Lipinski definition) is 3. The average molecular weight is 305 g/mol. The molecule has 0 fully saturated rings. The third-order valence-electron chi connectivity index (χ3n) is 2.90. The van der Waals surface area contributed by atoms with Gasteiger partial charge in [0.25, 0.3) is 0 Å². The van der Waals surface area contributed by atoms with Gasteiger partial charge in [0, 0.05) is 0 Å². The molecule has 0 atom stereocenters. The van der Waals surface area contributed by atoms with Gasteiger partial charge in [-0.05, 0) is 36.8 Å². The molecule has 2 rings (SSSR count). The van der Waals surface area contributed by atoms with E-state index in [1.165, 1.54) is 0 Å². The number of amides is 1. The van der Waals surface area contributed by atoms with E-state index in [0.717, 1.165) is 5.56 Å². The summed E-state index contributed by atoms with van der Waals surface area (Å²) >= 11 is 6.03. The first-order valence-corrected chi connectivity index (χ1v) is 6.97. The normalized spacial score (nSPS) is 10.2. The third kappa shape index (κ3) is 4.39. The zero-order valence-electron chi connectivity index (χ0n) is 11.7. The van der Waals surface area contributed by atoms with Crippen molar-refractivity contribution < 1.29 is 9.53 Å². The van der Waals surface area contributed by atoms with Crippen LogP contribution in [0.5, 0.6) is 5.75 Å². The van der Waals surface area contributed by atoms with E-state index in [0.29, 0.717) is 22.1 Å². The maximum absolute atomic E-state index is 11.9. The molecule has 0 unspecified atom stereocenters. The van der Waals surface area contributed by atoms with Gasteiger partial charge in [-0.15, -0.1) is 0 Å². The minimum absolute atomic E-state index is 0.156. The molecule has 1 amide bonds. The monoisotopic (exact) mass is 304 g/mol. The van der Waals surface area contributed by atoms with Crippen LogP contribution in [0.15, 0.2) is 42.5 Å². The summed E-state index contributed by atoms with van der Waals surface area (Å²) in [4.78, 5) is 11.9. The van der Waals surface area contributed by atoms with E-state index in [1.54, 1.807) is 18.2 Å². The molecule has 0 heterocycles. The van der Waals surface area contributed by atoms with Crippen LogP contribution in [0.4, 0.5) is 11.4 Å². The molecule has 0 radical (unpaired) electrons. The molecule has 2 aromatic rings. The number of halogens is 1. The summed E-state index contributed by atoms with van der Waals surface area (Å²) < 4.78 is 5.48. The summed E-state index contributed by atoms with van der Waals surface area (Å²) in [7, 11) is 0. The highest BCUT2D eigenvalue weighted by Gasteiger charge is 2.07. The number of nitrogens with two attached hydrogens (primary N) is 1. The number of aryl methyl sites for hydroxylation is 1. The van der Waals surface area contributed by atoms with Gasteiger partial charge in [-0.25, -0.2) is 0 Å². The van der Waals surface area contributed by atoms with E-state index >= 15 is 0 Å². The molecule has 0 aliphatic rings. The van der Waals surface area contributed by atoms with Crippen molar-refractivity contribution in [2.24, 2.45) is 0 Å². The third-order valence-corrected chi connectivity index (χ3v) is 3.23. The predicted octanol–water partition coefficient (Wildman–Crippen LogP) is 3.64. The number of hydrogen-bond donors (Lipinski definition) is 2. The van der Waals surface area contributed by atoms with Crippen molar-refractivity contribution in [3.05, 3.63) is 53.1 Å². The number of rotatable bonds is 5. The van der Waals surface area contributed by atoms with Gasteiger partial charge in [0.05, 0.1) is 29.4 Å². The van der Waals surface area contributed by atoms with Crippen LogP contribution >= 0.6 is 11.6 Å². The summed E-state index contributed by atoms with van der Waals surface area (Å²) in [5.41, 5.74) is 7.95. The Morgan fingerprint density at radius 2 is 2.05 bits per heavy atom. The molecule has 0 bridgehead atoms. The standard InChI is InChI=1S/C16H17ClN2O2/c1-11-6-7-12(17)14(10-11)19-16(20)8-9-21-15-5-3-2-4-13(15)18/h2-7,10H,8-9,18H2,1H3,(H,19,20). The van der Waals surface area contributed by atoms with Gasteiger partial charge in [-0.3, -0.25) is 4.79 Å². The number of nitrogens with one attached hydrogen (secondary N) is 1. The molecule has 0 spiro atoms. The molecule has 3 N–H and O–H groups in total. The Kier molecular flexibility index (Phi) is 5.06. The van der Waals surface area contributed by atoms with Crippen LogP contribution in [0.25, 0.3) is 0 Å². The quantitative estimate of drug-likeness (QED) is 0.829. The second-order valence-corrected chi connectivity index (χ2v) is 5.07. The fourth-order valence-electron chi connectivity index (χ4n) is 1.81. The average Bonchev–Trinajstić information content (AvgIpc) is 2.45. The Balaban J connectivity index is 1.85. The molecule has 2 aromatic carbocycles. The zero-order chi connectivity index (χ0) is 15.2. The largest absolute Gasteiger partial charge is 0.491 e. The fourth-order valence-corrected chi connectivity index (χ4v) is 1.98. The van der Waals surface area contributed by atoms with Crippen LogP contribution in [0.1, 0.15) is 12.0 Å². The number of benzene rings is 2. The Hall–Kier alpha value is -2.20. The summed E-state index contributed by atoms with van der Waals surface area (Å²) in [5.74, 6) is 0.427. The van der Waals surface area contributed by atoms with Crippen molar-refractivity contribution in [2.75, 3.05) is 17.7 Å². The molecule has 0 saturated carbocycles. The molecule has 0 saturated heterocycles. The number of para-hydroxylation sites is 2. The van der Waals surface area contributed by atoms with Gasteiger partial charge < -0.3 is 15.8 Å². The number of anilines is 2. The highest BCUT2D eigenvalue weighted by molar-refractivity contribution is 6.33. The first-order valence-electron chi connectivity index (χ1n) is 6.59. The highest BCUT2D eigenvalue weighted by Crippen LogP contribution is 2.23. The Morgan fingerprint density at radius 3 is 2.81 bits per heavy atom. The minimum atomic E-state index is -0.156. The first-order chi connectivity index (χ1) is 10.1. The lowest BCUT2D eigenvalue weighted by Gasteiger charge is -2.10. The number of nitrogen functional groups attached to an aromatic ring is 1. The molecule has 21 heavy (non-hydrogen) atoms. The second-order valence-electron chi connectivity index (χ2n) is 4.67. The molecule has 0 aliphatic carbocycles. The van der Waals surface area contributed by atoms with Crippen molar-refractivity contribution in [3.8, 4) is 5.75 Å². The molecular weight excluding hydrogens is 288 g/mol. The predicted molar refractivity (Wildman–Crippen MR) is 85.8 cm³/mol. The molecule has 0 aliphatic heterocycles. The number of carbonyl (C=O) groups excluding carboxylic acids is 1. The van der Waals surface area contributed by atoms with E-state index in [2.05, 4.69) is 5.32 Å². The zero-order valence-corrected chi connectivity index (χ0v) is 12.5. The van der Waals surface area contributed by atoms with Crippen LogP contribution in [0.3, 0.4) is 0 Å². The van der Waals surface area contributed by atoms with Crippen molar-refractivity contribution in [1.29, 1.82) is 0 Å². The topological polar surface area (TPSA) is 64.3 Å². The maximum Gasteiger partial charge on any atom is 0.227 e. The molecule has 4 nitrogen and oxygen atoms in total. The molecule has 110 valence electrons. The van der Waals surface area contributed by atoms with Gasteiger partial charge in [0.15, 0.2) is 0 Å². The fraction of sp³-hybridized carbons (Fsp3) is 0.188. The van der Waals surface area contributed by atoms with Crippen LogP contribution in [-0.2, 0) is 4.79 Å². The summed E-state index contributed by atoms with van der Waals surface area (Å²) in [6, 6.07) is 12.7. The number of carbonyl (C=O) groups is 1. The minimum Gasteiger partial charge on any atom is -0.491 e. The lowest BCUT2D eigenvalue weighted by atomic mass is 10.2. The molecular formula is C16H17ClN2O2. The van der Waals surface area contributed by atoms with Crippen LogP contribution in [0.2, 0.25) is 5.02 Å². The lowest BCUT2D eigenvalue weighted by molar-refractivity contribution is -0.116. The van der Waals surface area contributed by atoms with E-state index in [9.17, 15) is 4.79 Å². The van der Waals surface area contributed by atoms with Gasteiger partial charge in [0.1, 0.15) is 5.75 Å². The SMILES string of the molecule is Cc1ccc(Cl)c(NC(=O)CCOc2ccccc2N)c1. The molecule has 0 aromatic heterocycles. The number of ether oxygens (including phenoxy) is 1. The summed E-state index contributed by atoms with van der Waals surface area (Å²) in [5, 5.41) is 3.29. The van der Waals surface area contributed by atoms with Crippen LogP contribution in [0, 0.1) is 6.92 Å². The Labute approximate surface area is 128 Å². The first kappa shape index (κ1) is 15.2. The summed E-state index contributed by atoms with van der Waals surface area (Å²) in [6.07, 6.45) is 0.221. The maximum atomic E-state index is 11.9. The van der Waals surface area contributed by atoms with Crippen molar-refractivity contribution in [2.45, 2.75) is 13.3 Å². The van der Waals surface area contributed by atoms with Gasteiger partial charge in [0.2, 0.25) is 5.91 Å². The van der Waals surface area contributed by atoms with Crippen molar-refractivity contribution in [3.63, 3.8) is 0 Å². The van der Waals surface area contributed by atoms with E-state index in [-0.39, 0.29) is 18.9 Å². The molecule has 5 heteroatoms. The highest BCUT2D eigenvalue weighted by atomic mass is 35.5. The second kappa shape index (κ2) is 6.99. The van der Waals surface area contributed by atoms with Crippen LogP contribution in [-0.4, -0.2) is 12.5 Å². The lowest BCUT2D eigenvalue weighted by Crippen LogP contribution is -2.15. The van der Waals surface area contributed by atoms with E-state index < -0.39 is 0 Å². The smallest absolute Gasteiger partial charge is 0.227 e. The van der Waals surface area contributed by atoms with Gasteiger partial charge in [-0.2, -0.15) is 0 Å². The Morgan fingerprint density at radius 1 is 1.29 bits per heavy atom. The van der Waals surface area contributed by atoms with E-state index in [4.69, 9.17) is 22.1 Å². The van der Waals surface area contributed by atoms with Crippen molar-refractivity contribution >= 4 is 28.9 Å². The Bertz CT molecular complexity index is 644. The van der Waals surface area contributed by atoms with E-state index in [1.807, 2.05) is 31.2 Å².